The highest BCUT2D eigenvalue weighted by molar-refractivity contribution is 7.19. The number of rotatable bonds is 2. The first kappa shape index (κ1) is 12.7. The summed E-state index contributed by atoms with van der Waals surface area (Å²) < 4.78 is 27.7. The summed E-state index contributed by atoms with van der Waals surface area (Å²) in [4.78, 5) is 16.0. The Morgan fingerprint density at radius 1 is 1.35 bits per heavy atom. The molecule has 0 aliphatic heterocycles. The van der Waals surface area contributed by atoms with Crippen LogP contribution in [0.25, 0.3) is 16.2 Å². The molecule has 3 aromatic rings. The molecule has 0 bridgehead atoms. The SMILES string of the molecule is Cc1c(C(=O)O)sc2nc(-c3ccc(F)c(F)c3)cn12. The van der Waals surface area contributed by atoms with E-state index in [1.807, 2.05) is 0 Å². The highest BCUT2D eigenvalue weighted by Gasteiger charge is 2.17. The number of thiazole rings is 1. The van der Waals surface area contributed by atoms with E-state index in [2.05, 4.69) is 4.98 Å². The first-order valence-electron chi connectivity index (χ1n) is 5.64. The number of fused-ring (bicyclic) bond motifs is 1. The molecule has 20 heavy (non-hydrogen) atoms. The second-order valence-corrected chi connectivity index (χ2v) is 5.21. The molecule has 0 radical (unpaired) electrons. The molecule has 4 nitrogen and oxygen atoms in total. The van der Waals surface area contributed by atoms with E-state index in [-0.39, 0.29) is 4.88 Å². The van der Waals surface area contributed by atoms with Crippen molar-refractivity contribution in [1.29, 1.82) is 0 Å². The number of aromatic nitrogens is 2. The third-order valence-corrected chi connectivity index (χ3v) is 4.11. The van der Waals surface area contributed by atoms with Crippen molar-refractivity contribution < 1.29 is 18.7 Å². The smallest absolute Gasteiger partial charge is 0.347 e. The zero-order valence-corrected chi connectivity index (χ0v) is 11.0. The number of hydrogen-bond donors (Lipinski definition) is 1. The molecular formula is C13H8F2N2O2S. The molecule has 2 aromatic heterocycles. The van der Waals surface area contributed by atoms with Crippen LogP contribution < -0.4 is 0 Å². The fourth-order valence-electron chi connectivity index (χ4n) is 1.94. The Morgan fingerprint density at radius 3 is 2.70 bits per heavy atom. The van der Waals surface area contributed by atoms with Crippen molar-refractivity contribution in [2.24, 2.45) is 0 Å². The summed E-state index contributed by atoms with van der Waals surface area (Å²) in [5, 5.41) is 9.02. The van der Waals surface area contributed by atoms with Crippen molar-refractivity contribution in [2.75, 3.05) is 0 Å². The molecule has 7 heteroatoms. The van der Waals surface area contributed by atoms with Crippen LogP contribution in [0, 0.1) is 18.6 Å². The summed E-state index contributed by atoms with van der Waals surface area (Å²) in [6.45, 7) is 1.67. The van der Waals surface area contributed by atoms with Crippen LogP contribution in [0.3, 0.4) is 0 Å². The second-order valence-electron chi connectivity index (χ2n) is 4.23. The first-order valence-corrected chi connectivity index (χ1v) is 6.46. The number of aromatic carboxylic acids is 1. The highest BCUT2D eigenvalue weighted by atomic mass is 32.1. The van der Waals surface area contributed by atoms with Gasteiger partial charge in [-0.1, -0.05) is 11.3 Å². The van der Waals surface area contributed by atoms with Crippen LogP contribution >= 0.6 is 11.3 Å². The van der Waals surface area contributed by atoms with Crippen LogP contribution in [0.15, 0.2) is 24.4 Å². The maximum atomic E-state index is 13.2. The van der Waals surface area contributed by atoms with Crippen molar-refractivity contribution in [1.82, 2.24) is 9.38 Å². The van der Waals surface area contributed by atoms with Gasteiger partial charge in [0.2, 0.25) is 0 Å². The fourth-order valence-corrected chi connectivity index (χ4v) is 2.89. The van der Waals surface area contributed by atoms with Gasteiger partial charge in [-0.2, -0.15) is 0 Å². The topological polar surface area (TPSA) is 54.6 Å². The number of carboxylic acid groups (broad SMARTS) is 1. The average molecular weight is 294 g/mol. The molecule has 102 valence electrons. The Morgan fingerprint density at radius 2 is 2.10 bits per heavy atom. The van der Waals surface area contributed by atoms with Crippen LogP contribution in [0.2, 0.25) is 0 Å². The lowest BCUT2D eigenvalue weighted by atomic mass is 10.1. The summed E-state index contributed by atoms with van der Waals surface area (Å²) >= 11 is 1.04. The molecule has 0 fully saturated rings. The van der Waals surface area contributed by atoms with Crippen LogP contribution in [0.1, 0.15) is 15.4 Å². The number of benzene rings is 1. The van der Waals surface area contributed by atoms with E-state index in [9.17, 15) is 13.6 Å². The van der Waals surface area contributed by atoms with Crippen molar-refractivity contribution in [3.05, 3.63) is 46.6 Å². The number of imidazole rings is 1. The predicted molar refractivity (Wildman–Crippen MR) is 70.1 cm³/mol. The largest absolute Gasteiger partial charge is 0.477 e. The number of carbonyl (C=O) groups is 1. The molecule has 0 amide bonds. The van der Waals surface area contributed by atoms with Gasteiger partial charge in [0.15, 0.2) is 16.6 Å². The number of hydrogen-bond acceptors (Lipinski definition) is 3. The molecule has 3 rings (SSSR count). The minimum absolute atomic E-state index is 0.212. The molecule has 2 heterocycles. The van der Waals surface area contributed by atoms with E-state index in [1.54, 1.807) is 17.5 Å². The summed E-state index contributed by atoms with van der Waals surface area (Å²) in [5.41, 5.74) is 1.46. The van der Waals surface area contributed by atoms with E-state index < -0.39 is 17.6 Å². The molecule has 0 atom stereocenters. The Bertz CT molecular complexity index is 838. The van der Waals surface area contributed by atoms with Crippen molar-refractivity contribution in [2.45, 2.75) is 6.92 Å². The van der Waals surface area contributed by atoms with Crippen molar-refractivity contribution >= 4 is 22.3 Å². The zero-order chi connectivity index (χ0) is 14.4. The third kappa shape index (κ3) is 1.87. The monoisotopic (exact) mass is 294 g/mol. The van der Waals surface area contributed by atoms with Gasteiger partial charge in [-0.25, -0.2) is 18.6 Å². The number of halogens is 2. The zero-order valence-electron chi connectivity index (χ0n) is 10.2. The van der Waals surface area contributed by atoms with Crippen LogP contribution in [0.5, 0.6) is 0 Å². The minimum atomic E-state index is -1.01. The van der Waals surface area contributed by atoms with Gasteiger partial charge in [-0.3, -0.25) is 4.40 Å². The molecular weight excluding hydrogens is 286 g/mol. The maximum Gasteiger partial charge on any atom is 0.347 e. The molecule has 0 spiro atoms. The van der Waals surface area contributed by atoms with Gasteiger partial charge in [-0.05, 0) is 25.1 Å². The normalized spacial score (nSPS) is 11.2. The van der Waals surface area contributed by atoms with Gasteiger partial charge in [0.05, 0.1) is 5.69 Å². The lowest BCUT2D eigenvalue weighted by molar-refractivity contribution is 0.0701. The van der Waals surface area contributed by atoms with Crippen LogP contribution in [-0.4, -0.2) is 20.5 Å². The molecule has 1 N–H and O–H groups in total. The number of carboxylic acids is 1. The van der Waals surface area contributed by atoms with E-state index in [1.165, 1.54) is 6.07 Å². The lowest BCUT2D eigenvalue weighted by Gasteiger charge is -1.97. The molecule has 1 aromatic carbocycles. The van der Waals surface area contributed by atoms with Crippen molar-refractivity contribution in [3.8, 4) is 11.3 Å². The second kappa shape index (κ2) is 4.38. The Balaban J connectivity index is 2.14. The summed E-state index contributed by atoms with van der Waals surface area (Å²) in [5.74, 6) is -2.87. The summed E-state index contributed by atoms with van der Waals surface area (Å²) in [6, 6.07) is 3.53. The molecule has 0 saturated carbocycles. The maximum absolute atomic E-state index is 13.2. The van der Waals surface area contributed by atoms with E-state index in [0.717, 1.165) is 23.5 Å². The van der Waals surface area contributed by atoms with E-state index >= 15 is 0 Å². The Kier molecular flexibility index (Phi) is 2.79. The van der Waals surface area contributed by atoms with Gasteiger partial charge < -0.3 is 5.11 Å². The van der Waals surface area contributed by atoms with Gasteiger partial charge >= 0.3 is 5.97 Å². The quantitative estimate of drug-likeness (QED) is 0.788. The van der Waals surface area contributed by atoms with Gasteiger partial charge in [-0.15, -0.1) is 0 Å². The molecule has 0 unspecified atom stereocenters. The van der Waals surface area contributed by atoms with Gasteiger partial charge in [0.25, 0.3) is 0 Å². The van der Waals surface area contributed by atoms with Crippen molar-refractivity contribution in [3.63, 3.8) is 0 Å². The van der Waals surface area contributed by atoms with Crippen LogP contribution in [0.4, 0.5) is 8.78 Å². The van der Waals surface area contributed by atoms with E-state index in [4.69, 9.17) is 5.11 Å². The summed E-state index contributed by atoms with van der Waals surface area (Å²) in [7, 11) is 0. The third-order valence-electron chi connectivity index (χ3n) is 2.97. The lowest BCUT2D eigenvalue weighted by Crippen LogP contribution is -1.96. The van der Waals surface area contributed by atoms with E-state index in [0.29, 0.717) is 21.9 Å². The molecule has 0 saturated heterocycles. The van der Waals surface area contributed by atoms with Crippen LogP contribution in [-0.2, 0) is 0 Å². The first-order chi connectivity index (χ1) is 9.47. The predicted octanol–water partition coefficient (Wildman–Crippen LogP) is 3.35. The number of aryl methyl sites for hydroxylation is 1. The molecule has 0 aliphatic carbocycles. The average Bonchev–Trinajstić information content (AvgIpc) is 2.93. The molecule has 0 aliphatic rings. The minimum Gasteiger partial charge on any atom is -0.477 e. The Hall–Kier alpha value is -2.28. The van der Waals surface area contributed by atoms with Gasteiger partial charge in [0, 0.05) is 17.5 Å². The highest BCUT2D eigenvalue weighted by Crippen LogP contribution is 2.27. The number of nitrogens with zero attached hydrogens (tertiary/aromatic N) is 2. The summed E-state index contributed by atoms with van der Waals surface area (Å²) in [6.07, 6.45) is 1.61. The standard InChI is InChI=1S/C13H8F2N2O2S/c1-6-11(12(18)19)20-13-16-10(5-17(6)13)7-2-3-8(14)9(15)4-7/h2-5H,1H3,(H,18,19). The fraction of sp³-hybridized carbons (Fsp3) is 0.0769. The Labute approximate surface area is 115 Å². The van der Waals surface area contributed by atoms with Gasteiger partial charge in [0.1, 0.15) is 4.88 Å².